The van der Waals surface area contributed by atoms with E-state index >= 15 is 0 Å². The highest BCUT2D eigenvalue weighted by Crippen LogP contribution is 2.46. The van der Waals surface area contributed by atoms with E-state index in [1.54, 1.807) is 0 Å². The highest BCUT2D eigenvalue weighted by molar-refractivity contribution is 5.81. The predicted octanol–water partition coefficient (Wildman–Crippen LogP) is -2.17. The Balaban J connectivity index is -0.00000120. The van der Waals surface area contributed by atoms with Gasteiger partial charge in [0.05, 0.1) is 0 Å². The van der Waals surface area contributed by atoms with Crippen molar-refractivity contribution < 1.29 is 44.1 Å². The van der Waals surface area contributed by atoms with Gasteiger partial charge < -0.3 is 43.7 Å². The minimum atomic E-state index is -1.74. The van der Waals surface area contributed by atoms with Gasteiger partial charge in [-0.05, 0) is 0 Å². The van der Waals surface area contributed by atoms with Crippen molar-refractivity contribution in [3.63, 3.8) is 0 Å². The number of hydrogen-bond acceptors (Lipinski definition) is 8. The molecular formula is C10H22N4O8. The number of quaternary nitrogens is 1. The van der Waals surface area contributed by atoms with Gasteiger partial charge in [0.15, 0.2) is 19.6 Å². The quantitative estimate of drug-likeness (QED) is 0.261. The maximum Gasteiger partial charge on any atom is 0.359 e. The zero-order valence-electron chi connectivity index (χ0n) is 12.0. The first-order chi connectivity index (χ1) is 8.65. The lowest BCUT2D eigenvalue weighted by molar-refractivity contribution is -0.935. The van der Waals surface area contributed by atoms with Gasteiger partial charge in [0.2, 0.25) is 0 Å². The summed E-state index contributed by atoms with van der Waals surface area (Å²) in [4.78, 5) is 43.7. The van der Waals surface area contributed by atoms with Gasteiger partial charge in [-0.1, -0.05) is 0 Å². The van der Waals surface area contributed by atoms with E-state index in [9.17, 15) is 24.3 Å². The van der Waals surface area contributed by atoms with Gasteiger partial charge in [-0.25, -0.2) is 14.4 Å². The van der Waals surface area contributed by atoms with Crippen molar-refractivity contribution in [2.45, 2.75) is 18.4 Å². The molecule has 0 aliphatic heterocycles. The van der Waals surface area contributed by atoms with Gasteiger partial charge in [-0.3, -0.25) is 4.48 Å². The number of carbonyl (C=O) groups excluding carboxylic acids is 1. The second-order valence-electron chi connectivity index (χ2n) is 4.62. The average molecular weight is 326 g/mol. The smallest absolute Gasteiger partial charge is 0.359 e. The Morgan fingerprint density at radius 3 is 1.23 bits per heavy atom. The van der Waals surface area contributed by atoms with Crippen LogP contribution in [-0.2, 0) is 19.2 Å². The highest BCUT2D eigenvalue weighted by Gasteiger charge is 2.63. The number of carbonyl (C=O) groups is 4. The standard InChI is InChI=1S/C10H13NO8.3H3N/c12-6(13)3-11(4-7(14)15,5-8(16)17)10(1-2-10)9(18)19;;;/h1-5H2,(H3-,12,13,14,15,16,17,18,19);3*1H3. The molecule has 0 aromatic heterocycles. The van der Waals surface area contributed by atoms with Crippen LogP contribution in [0, 0.1) is 0 Å². The summed E-state index contributed by atoms with van der Waals surface area (Å²) in [6.07, 6.45) is 0.00630. The number of nitrogens with zero attached hydrogens (tertiary/aromatic N) is 1. The maximum absolute atomic E-state index is 11.2. The summed E-state index contributed by atoms with van der Waals surface area (Å²) in [5, 5.41) is 37.7. The van der Waals surface area contributed by atoms with Gasteiger partial charge >= 0.3 is 17.9 Å². The van der Waals surface area contributed by atoms with Gasteiger partial charge in [0, 0.05) is 12.8 Å². The summed E-state index contributed by atoms with van der Waals surface area (Å²) in [5.41, 5.74) is -1.74. The molecule has 22 heavy (non-hydrogen) atoms. The third kappa shape index (κ3) is 4.63. The average Bonchev–Trinajstić information content (AvgIpc) is 2.93. The molecule has 130 valence electrons. The van der Waals surface area contributed by atoms with Crippen LogP contribution in [0.2, 0.25) is 0 Å². The topological polar surface area (TPSA) is 257 Å². The highest BCUT2D eigenvalue weighted by atomic mass is 16.4. The summed E-state index contributed by atoms with van der Waals surface area (Å²) < 4.78 is -1.07. The molecular weight excluding hydrogens is 304 g/mol. The SMILES string of the molecule is N.N.N.O=C(O)C[N+](CC(=O)O)(CC(=O)O)C1(C(=O)[O-])CC1. The molecule has 1 fully saturated rings. The molecule has 1 saturated carbocycles. The minimum Gasteiger partial charge on any atom is -0.544 e. The van der Waals surface area contributed by atoms with E-state index in [1.165, 1.54) is 0 Å². The molecule has 1 aliphatic rings. The Morgan fingerprint density at radius 1 is 0.818 bits per heavy atom. The monoisotopic (exact) mass is 326 g/mol. The van der Waals surface area contributed by atoms with Gasteiger partial charge in [0.1, 0.15) is 11.5 Å². The van der Waals surface area contributed by atoms with E-state index in [2.05, 4.69) is 0 Å². The Hall–Kier alpha value is -2.28. The zero-order chi connectivity index (χ0) is 14.8. The van der Waals surface area contributed by atoms with Crippen molar-refractivity contribution >= 4 is 23.9 Å². The first-order valence-electron chi connectivity index (χ1n) is 5.38. The number of rotatable bonds is 8. The van der Waals surface area contributed by atoms with E-state index in [0.717, 1.165) is 0 Å². The first-order valence-corrected chi connectivity index (χ1v) is 5.38. The molecule has 0 aromatic rings. The number of carboxylic acid groups (broad SMARTS) is 4. The van der Waals surface area contributed by atoms with Crippen molar-refractivity contribution in [1.29, 1.82) is 0 Å². The fourth-order valence-electron chi connectivity index (χ4n) is 2.39. The van der Waals surface area contributed by atoms with Crippen LogP contribution in [0.25, 0.3) is 0 Å². The maximum atomic E-state index is 11.2. The second-order valence-corrected chi connectivity index (χ2v) is 4.62. The van der Waals surface area contributed by atoms with E-state index in [-0.39, 0.29) is 31.3 Å². The van der Waals surface area contributed by atoms with Gasteiger partial charge in [-0.15, -0.1) is 0 Å². The molecule has 0 heterocycles. The minimum absolute atomic E-state index is 0. The van der Waals surface area contributed by atoms with Crippen LogP contribution < -0.4 is 23.6 Å². The summed E-state index contributed by atoms with van der Waals surface area (Å²) in [6.45, 7) is -2.69. The van der Waals surface area contributed by atoms with E-state index in [4.69, 9.17) is 15.3 Å². The van der Waals surface area contributed by atoms with Crippen LogP contribution in [-0.4, -0.2) is 68.9 Å². The van der Waals surface area contributed by atoms with Crippen molar-refractivity contribution in [3.05, 3.63) is 0 Å². The van der Waals surface area contributed by atoms with Crippen LogP contribution in [0.15, 0.2) is 0 Å². The van der Waals surface area contributed by atoms with E-state index < -0.39 is 53.5 Å². The Bertz CT molecular complexity index is 407. The Labute approximate surface area is 125 Å². The molecule has 0 unspecified atom stereocenters. The fraction of sp³-hybridized carbons (Fsp3) is 0.600. The van der Waals surface area contributed by atoms with Crippen LogP contribution in [0.1, 0.15) is 12.8 Å². The van der Waals surface area contributed by atoms with Crippen molar-refractivity contribution in [3.8, 4) is 0 Å². The largest absolute Gasteiger partial charge is 0.544 e. The summed E-state index contributed by atoms with van der Waals surface area (Å²) in [5.74, 6) is -6.00. The lowest BCUT2D eigenvalue weighted by Gasteiger charge is -2.42. The molecule has 12 heteroatoms. The fourth-order valence-corrected chi connectivity index (χ4v) is 2.39. The molecule has 12 N–H and O–H groups in total. The van der Waals surface area contributed by atoms with Gasteiger partial charge in [0.25, 0.3) is 0 Å². The van der Waals surface area contributed by atoms with Crippen LogP contribution in [0.5, 0.6) is 0 Å². The number of aliphatic carboxylic acids is 4. The molecule has 0 saturated heterocycles. The van der Waals surface area contributed by atoms with Gasteiger partial charge in [-0.2, -0.15) is 0 Å². The lowest BCUT2D eigenvalue weighted by Crippen LogP contribution is -2.68. The normalized spacial score (nSPS) is 14.4. The summed E-state index contributed by atoms with van der Waals surface area (Å²) in [6, 6.07) is 0. The van der Waals surface area contributed by atoms with E-state index in [0.29, 0.717) is 0 Å². The summed E-state index contributed by atoms with van der Waals surface area (Å²) >= 11 is 0. The molecule has 0 spiro atoms. The molecule has 0 aromatic carbocycles. The number of carboxylic acids is 4. The van der Waals surface area contributed by atoms with Crippen LogP contribution in [0.3, 0.4) is 0 Å². The third-order valence-corrected chi connectivity index (χ3v) is 3.33. The van der Waals surface area contributed by atoms with Crippen LogP contribution in [0.4, 0.5) is 0 Å². The third-order valence-electron chi connectivity index (χ3n) is 3.33. The zero-order valence-corrected chi connectivity index (χ0v) is 12.0. The van der Waals surface area contributed by atoms with E-state index in [1.807, 2.05) is 0 Å². The second kappa shape index (κ2) is 8.23. The molecule has 1 aliphatic carbocycles. The molecule has 1 rings (SSSR count). The lowest BCUT2D eigenvalue weighted by atomic mass is 10.1. The van der Waals surface area contributed by atoms with Crippen molar-refractivity contribution in [1.82, 2.24) is 18.5 Å². The van der Waals surface area contributed by atoms with Crippen LogP contribution >= 0.6 is 0 Å². The summed E-state index contributed by atoms with van der Waals surface area (Å²) in [7, 11) is 0. The van der Waals surface area contributed by atoms with Crippen molar-refractivity contribution in [2.75, 3.05) is 19.6 Å². The Kier molecular flexibility index (Phi) is 9.25. The Morgan fingerprint density at radius 2 is 1.09 bits per heavy atom. The molecule has 0 atom stereocenters. The number of hydrogen-bond donors (Lipinski definition) is 6. The first kappa shape index (κ1) is 24.7. The molecule has 12 nitrogen and oxygen atoms in total. The molecule has 0 amide bonds. The predicted molar refractivity (Wildman–Crippen MR) is 69.8 cm³/mol. The van der Waals surface area contributed by atoms with Crippen molar-refractivity contribution in [2.24, 2.45) is 0 Å². The molecule has 0 radical (unpaired) electrons. The molecule has 0 bridgehead atoms.